The summed E-state index contributed by atoms with van der Waals surface area (Å²) in [6.07, 6.45) is 0. The lowest BCUT2D eigenvalue weighted by atomic mass is 10.4. The van der Waals surface area contributed by atoms with Gasteiger partial charge in [-0.1, -0.05) is 6.92 Å². The Morgan fingerprint density at radius 2 is 2.06 bits per heavy atom. The molecule has 0 unspecified atom stereocenters. The highest BCUT2D eigenvalue weighted by Gasteiger charge is 2.12. The largest absolute Gasteiger partial charge is 0.477 e. The van der Waals surface area contributed by atoms with E-state index in [9.17, 15) is 9.59 Å². The van der Waals surface area contributed by atoms with E-state index in [1.165, 1.54) is 12.1 Å². The number of amides is 1. The van der Waals surface area contributed by atoms with E-state index < -0.39 is 5.97 Å². The number of likely N-dealkylation sites (N-methyl/N-ethyl adjacent to an activating group) is 1. The van der Waals surface area contributed by atoms with E-state index >= 15 is 0 Å². The van der Waals surface area contributed by atoms with Crippen LogP contribution in [-0.4, -0.2) is 48.6 Å². The predicted molar refractivity (Wildman–Crippen MR) is 66.8 cm³/mol. The Morgan fingerprint density at radius 3 is 2.59 bits per heavy atom. The first-order chi connectivity index (χ1) is 8.04. The summed E-state index contributed by atoms with van der Waals surface area (Å²) in [5.41, 5.74) is 0. The fourth-order valence-electron chi connectivity index (χ4n) is 1.18. The zero-order valence-electron chi connectivity index (χ0n) is 9.90. The number of nitrogens with one attached hydrogen (secondary N) is 1. The average molecular weight is 256 g/mol. The minimum absolute atomic E-state index is 0.181. The highest BCUT2D eigenvalue weighted by atomic mass is 32.1. The fourth-order valence-corrected chi connectivity index (χ4v) is 1.94. The summed E-state index contributed by atoms with van der Waals surface area (Å²) in [6.45, 7) is 4.31. The van der Waals surface area contributed by atoms with Crippen LogP contribution in [0.25, 0.3) is 0 Å². The van der Waals surface area contributed by atoms with Crippen LogP contribution in [0.5, 0.6) is 0 Å². The first-order valence-electron chi connectivity index (χ1n) is 5.34. The fraction of sp³-hybridized carbons (Fsp3) is 0.455. The maximum absolute atomic E-state index is 11.6. The van der Waals surface area contributed by atoms with Crippen molar-refractivity contribution in [1.29, 1.82) is 0 Å². The number of carboxylic acid groups (broad SMARTS) is 1. The summed E-state index contributed by atoms with van der Waals surface area (Å²) in [7, 11) is 1.97. The molecule has 1 heterocycles. The van der Waals surface area contributed by atoms with Gasteiger partial charge in [0, 0.05) is 13.1 Å². The second-order valence-corrected chi connectivity index (χ2v) is 4.70. The van der Waals surface area contributed by atoms with Gasteiger partial charge in [-0.2, -0.15) is 0 Å². The molecule has 6 heteroatoms. The van der Waals surface area contributed by atoms with Gasteiger partial charge < -0.3 is 15.3 Å². The van der Waals surface area contributed by atoms with E-state index in [0.29, 0.717) is 11.4 Å². The Morgan fingerprint density at radius 1 is 1.41 bits per heavy atom. The van der Waals surface area contributed by atoms with Crippen LogP contribution in [0.2, 0.25) is 0 Å². The van der Waals surface area contributed by atoms with Gasteiger partial charge in [0.05, 0.1) is 4.88 Å². The number of carboxylic acids is 1. The lowest BCUT2D eigenvalue weighted by molar-refractivity contribution is 0.0702. The third-order valence-electron chi connectivity index (χ3n) is 2.36. The Balaban J connectivity index is 2.44. The summed E-state index contributed by atoms with van der Waals surface area (Å²) in [4.78, 5) is 25.0. The summed E-state index contributed by atoms with van der Waals surface area (Å²) in [6, 6.07) is 2.98. The lowest BCUT2D eigenvalue weighted by Gasteiger charge is -2.13. The summed E-state index contributed by atoms with van der Waals surface area (Å²) < 4.78 is 0. The van der Waals surface area contributed by atoms with E-state index in [0.717, 1.165) is 24.4 Å². The van der Waals surface area contributed by atoms with Gasteiger partial charge in [-0.05, 0) is 25.7 Å². The van der Waals surface area contributed by atoms with Crippen LogP contribution in [0.4, 0.5) is 0 Å². The zero-order valence-corrected chi connectivity index (χ0v) is 10.7. The Bertz CT molecular complexity index is 403. The molecule has 0 radical (unpaired) electrons. The van der Waals surface area contributed by atoms with Crippen LogP contribution in [0, 0.1) is 0 Å². The minimum atomic E-state index is -1.00. The number of aromatic carboxylic acids is 1. The quantitative estimate of drug-likeness (QED) is 0.800. The third kappa shape index (κ3) is 4.16. The Kier molecular flexibility index (Phi) is 5.11. The zero-order chi connectivity index (χ0) is 12.8. The van der Waals surface area contributed by atoms with Crippen molar-refractivity contribution in [3.63, 3.8) is 0 Å². The summed E-state index contributed by atoms with van der Waals surface area (Å²) >= 11 is 0.988. The molecule has 94 valence electrons. The molecule has 0 aromatic carbocycles. The molecule has 1 aromatic rings. The van der Waals surface area contributed by atoms with Crippen LogP contribution >= 0.6 is 11.3 Å². The molecule has 0 saturated heterocycles. The van der Waals surface area contributed by atoms with Crippen molar-refractivity contribution < 1.29 is 14.7 Å². The molecule has 1 aromatic heterocycles. The highest BCUT2D eigenvalue weighted by Crippen LogP contribution is 2.15. The van der Waals surface area contributed by atoms with Gasteiger partial charge in [0.1, 0.15) is 4.88 Å². The van der Waals surface area contributed by atoms with Crippen molar-refractivity contribution in [2.45, 2.75) is 6.92 Å². The number of hydrogen-bond donors (Lipinski definition) is 2. The average Bonchev–Trinajstić information content (AvgIpc) is 2.78. The highest BCUT2D eigenvalue weighted by molar-refractivity contribution is 7.15. The SMILES string of the molecule is CCN(C)CCNC(=O)c1ccc(C(=O)O)s1. The number of carbonyl (C=O) groups is 2. The summed E-state index contributed by atoms with van der Waals surface area (Å²) in [5, 5.41) is 11.5. The molecule has 0 atom stereocenters. The van der Waals surface area contributed by atoms with Crippen LogP contribution in [0.1, 0.15) is 26.3 Å². The first kappa shape index (κ1) is 13.7. The van der Waals surface area contributed by atoms with E-state index in [-0.39, 0.29) is 10.8 Å². The van der Waals surface area contributed by atoms with Crippen molar-refractivity contribution in [3.05, 3.63) is 21.9 Å². The van der Waals surface area contributed by atoms with Crippen molar-refractivity contribution in [2.75, 3.05) is 26.7 Å². The van der Waals surface area contributed by atoms with Gasteiger partial charge in [-0.15, -0.1) is 11.3 Å². The van der Waals surface area contributed by atoms with Gasteiger partial charge >= 0.3 is 5.97 Å². The molecule has 1 amide bonds. The number of carbonyl (C=O) groups excluding carboxylic acids is 1. The predicted octanol–water partition coefficient (Wildman–Crippen LogP) is 1.13. The molecule has 0 saturated carbocycles. The Hall–Kier alpha value is -1.40. The van der Waals surface area contributed by atoms with Gasteiger partial charge in [-0.25, -0.2) is 4.79 Å². The first-order valence-corrected chi connectivity index (χ1v) is 6.16. The van der Waals surface area contributed by atoms with Crippen molar-refractivity contribution >= 4 is 23.2 Å². The van der Waals surface area contributed by atoms with Gasteiger partial charge in [0.25, 0.3) is 5.91 Å². The number of nitrogens with zero attached hydrogens (tertiary/aromatic N) is 1. The monoisotopic (exact) mass is 256 g/mol. The number of thiophene rings is 1. The van der Waals surface area contributed by atoms with Crippen LogP contribution in [-0.2, 0) is 0 Å². The van der Waals surface area contributed by atoms with Crippen molar-refractivity contribution in [1.82, 2.24) is 10.2 Å². The minimum Gasteiger partial charge on any atom is -0.477 e. The number of rotatable bonds is 6. The maximum Gasteiger partial charge on any atom is 0.345 e. The molecule has 1 rings (SSSR count). The standard InChI is InChI=1S/C11H16N2O3S/c1-3-13(2)7-6-12-10(14)8-4-5-9(17-8)11(15)16/h4-5H,3,6-7H2,1-2H3,(H,12,14)(H,15,16). The second kappa shape index (κ2) is 6.36. The van der Waals surface area contributed by atoms with E-state index in [2.05, 4.69) is 10.2 Å². The molecule has 2 N–H and O–H groups in total. The molecule has 5 nitrogen and oxygen atoms in total. The van der Waals surface area contributed by atoms with Gasteiger partial charge in [0.2, 0.25) is 0 Å². The topological polar surface area (TPSA) is 69.6 Å². The van der Waals surface area contributed by atoms with E-state index in [1.807, 2.05) is 14.0 Å². The van der Waals surface area contributed by atoms with Gasteiger partial charge in [0.15, 0.2) is 0 Å². The molecule has 0 aliphatic heterocycles. The normalized spacial score (nSPS) is 10.5. The molecular formula is C11H16N2O3S. The van der Waals surface area contributed by atoms with E-state index in [4.69, 9.17) is 5.11 Å². The molecule has 0 aliphatic rings. The van der Waals surface area contributed by atoms with Crippen LogP contribution < -0.4 is 5.32 Å². The van der Waals surface area contributed by atoms with Crippen molar-refractivity contribution in [2.24, 2.45) is 0 Å². The smallest absolute Gasteiger partial charge is 0.345 e. The number of hydrogen-bond acceptors (Lipinski definition) is 4. The molecule has 0 aliphatic carbocycles. The van der Waals surface area contributed by atoms with Crippen LogP contribution in [0.15, 0.2) is 12.1 Å². The molecule has 0 spiro atoms. The van der Waals surface area contributed by atoms with Crippen LogP contribution in [0.3, 0.4) is 0 Å². The van der Waals surface area contributed by atoms with Gasteiger partial charge in [-0.3, -0.25) is 4.79 Å². The molecule has 0 fully saturated rings. The van der Waals surface area contributed by atoms with Crippen molar-refractivity contribution in [3.8, 4) is 0 Å². The molecular weight excluding hydrogens is 240 g/mol. The maximum atomic E-state index is 11.6. The summed E-state index contributed by atoms with van der Waals surface area (Å²) in [5.74, 6) is -1.22. The Labute approximate surface area is 104 Å². The molecule has 17 heavy (non-hydrogen) atoms. The van der Waals surface area contributed by atoms with E-state index in [1.54, 1.807) is 0 Å². The second-order valence-electron chi connectivity index (χ2n) is 3.62. The third-order valence-corrected chi connectivity index (χ3v) is 3.43. The molecule has 0 bridgehead atoms. The lowest BCUT2D eigenvalue weighted by Crippen LogP contribution is -2.32.